The lowest BCUT2D eigenvalue weighted by Crippen LogP contribution is -2.35. The third kappa shape index (κ3) is 2.71. The number of aliphatic carboxylic acids is 1. The van der Waals surface area contributed by atoms with Crippen LogP contribution < -0.4 is 0 Å². The molecule has 0 aromatic carbocycles. The van der Waals surface area contributed by atoms with E-state index in [0.29, 0.717) is 6.42 Å². The quantitative estimate of drug-likeness (QED) is 0.730. The first-order valence-corrected chi connectivity index (χ1v) is 5.57. The van der Waals surface area contributed by atoms with Gasteiger partial charge in [-0.3, -0.25) is 4.79 Å². The van der Waals surface area contributed by atoms with E-state index in [4.69, 9.17) is 5.11 Å². The minimum atomic E-state index is -0.856. The SMILES string of the molecule is CC[C@H](C(=O)O)[C@@H](O)C1CCCCC1. The Bertz CT molecular complexity index is 185. The summed E-state index contributed by atoms with van der Waals surface area (Å²) in [6, 6.07) is 0. The lowest BCUT2D eigenvalue weighted by molar-refractivity contribution is -0.147. The molecule has 82 valence electrons. The molecule has 0 aromatic heterocycles. The fourth-order valence-corrected chi connectivity index (χ4v) is 2.37. The monoisotopic (exact) mass is 200 g/mol. The minimum absolute atomic E-state index is 0.213. The summed E-state index contributed by atoms with van der Waals surface area (Å²) in [4.78, 5) is 10.9. The zero-order valence-corrected chi connectivity index (χ0v) is 8.78. The molecular formula is C11H20O3. The van der Waals surface area contributed by atoms with Gasteiger partial charge in [-0.15, -0.1) is 0 Å². The normalized spacial score (nSPS) is 23.0. The summed E-state index contributed by atoms with van der Waals surface area (Å²) in [5.74, 6) is -1.21. The van der Waals surface area contributed by atoms with Gasteiger partial charge in [0.05, 0.1) is 12.0 Å². The molecular weight excluding hydrogens is 180 g/mol. The molecule has 14 heavy (non-hydrogen) atoms. The van der Waals surface area contributed by atoms with E-state index in [1.807, 2.05) is 6.92 Å². The average molecular weight is 200 g/mol. The molecule has 0 saturated heterocycles. The van der Waals surface area contributed by atoms with Gasteiger partial charge in [-0.25, -0.2) is 0 Å². The Morgan fingerprint density at radius 3 is 2.36 bits per heavy atom. The Kier molecular flexibility index (Phi) is 4.39. The van der Waals surface area contributed by atoms with Crippen LogP contribution in [0.5, 0.6) is 0 Å². The largest absolute Gasteiger partial charge is 0.481 e. The topological polar surface area (TPSA) is 57.5 Å². The second-order valence-corrected chi connectivity index (χ2v) is 4.24. The van der Waals surface area contributed by atoms with E-state index in [-0.39, 0.29) is 5.92 Å². The highest BCUT2D eigenvalue weighted by molar-refractivity contribution is 5.70. The van der Waals surface area contributed by atoms with Crippen LogP contribution in [0.25, 0.3) is 0 Å². The standard InChI is InChI=1S/C11H20O3/c1-2-9(11(13)14)10(12)8-6-4-3-5-7-8/h8-10,12H,2-7H2,1H3,(H,13,14)/t9-,10-/m0/s1. The molecule has 0 amide bonds. The molecule has 2 N–H and O–H groups in total. The highest BCUT2D eigenvalue weighted by Gasteiger charge is 2.31. The molecule has 0 bridgehead atoms. The highest BCUT2D eigenvalue weighted by atomic mass is 16.4. The molecule has 1 fully saturated rings. The molecule has 1 aliphatic carbocycles. The van der Waals surface area contributed by atoms with Crippen molar-refractivity contribution in [1.82, 2.24) is 0 Å². The summed E-state index contributed by atoms with van der Waals surface area (Å²) in [5, 5.41) is 18.8. The number of carboxylic acid groups (broad SMARTS) is 1. The first-order chi connectivity index (χ1) is 6.66. The van der Waals surface area contributed by atoms with E-state index in [0.717, 1.165) is 25.7 Å². The molecule has 1 aliphatic rings. The van der Waals surface area contributed by atoms with Crippen LogP contribution in [-0.2, 0) is 4.79 Å². The van der Waals surface area contributed by atoms with Crippen LogP contribution in [0.1, 0.15) is 45.4 Å². The summed E-state index contributed by atoms with van der Waals surface area (Å²) in [6.45, 7) is 1.82. The van der Waals surface area contributed by atoms with Crippen molar-refractivity contribution in [3.8, 4) is 0 Å². The second kappa shape index (κ2) is 5.35. The van der Waals surface area contributed by atoms with Gasteiger partial charge in [0.25, 0.3) is 0 Å². The molecule has 1 saturated carbocycles. The summed E-state index contributed by atoms with van der Waals surface area (Å²) in [7, 11) is 0. The summed E-state index contributed by atoms with van der Waals surface area (Å²) < 4.78 is 0. The Labute approximate surface area is 85.1 Å². The van der Waals surface area contributed by atoms with Crippen molar-refractivity contribution in [2.45, 2.75) is 51.6 Å². The van der Waals surface area contributed by atoms with E-state index in [2.05, 4.69) is 0 Å². The van der Waals surface area contributed by atoms with E-state index >= 15 is 0 Å². The maximum absolute atomic E-state index is 10.9. The van der Waals surface area contributed by atoms with Crippen molar-refractivity contribution in [3.05, 3.63) is 0 Å². The maximum Gasteiger partial charge on any atom is 0.309 e. The van der Waals surface area contributed by atoms with E-state index in [9.17, 15) is 9.90 Å². The van der Waals surface area contributed by atoms with Gasteiger partial charge in [-0.2, -0.15) is 0 Å². The second-order valence-electron chi connectivity index (χ2n) is 4.24. The Morgan fingerprint density at radius 2 is 1.93 bits per heavy atom. The van der Waals surface area contributed by atoms with Gasteiger partial charge in [0, 0.05) is 0 Å². The van der Waals surface area contributed by atoms with E-state index in [1.54, 1.807) is 0 Å². The third-order valence-electron chi connectivity index (χ3n) is 3.30. The molecule has 2 atom stereocenters. The van der Waals surface area contributed by atoms with Crippen LogP contribution in [0.4, 0.5) is 0 Å². The zero-order valence-electron chi connectivity index (χ0n) is 8.78. The smallest absolute Gasteiger partial charge is 0.309 e. The minimum Gasteiger partial charge on any atom is -0.481 e. The highest BCUT2D eigenvalue weighted by Crippen LogP contribution is 2.30. The molecule has 3 heteroatoms. The molecule has 0 heterocycles. The number of aliphatic hydroxyl groups is 1. The molecule has 0 aliphatic heterocycles. The maximum atomic E-state index is 10.9. The number of aliphatic hydroxyl groups excluding tert-OH is 1. The summed E-state index contributed by atoms with van der Waals surface area (Å²) in [6.07, 6.45) is 5.36. The molecule has 0 radical (unpaired) electrons. The van der Waals surface area contributed by atoms with Gasteiger partial charge in [0.15, 0.2) is 0 Å². The van der Waals surface area contributed by atoms with Crippen molar-refractivity contribution in [1.29, 1.82) is 0 Å². The van der Waals surface area contributed by atoms with Gasteiger partial charge in [0.1, 0.15) is 0 Å². The van der Waals surface area contributed by atoms with Crippen molar-refractivity contribution in [2.24, 2.45) is 11.8 Å². The van der Waals surface area contributed by atoms with Crippen LogP contribution in [0.2, 0.25) is 0 Å². The molecule has 0 aromatic rings. The third-order valence-corrected chi connectivity index (χ3v) is 3.30. The molecule has 0 spiro atoms. The first-order valence-electron chi connectivity index (χ1n) is 5.57. The fourth-order valence-electron chi connectivity index (χ4n) is 2.37. The molecule has 3 nitrogen and oxygen atoms in total. The van der Waals surface area contributed by atoms with Crippen LogP contribution in [0.15, 0.2) is 0 Å². The number of hydrogen-bond acceptors (Lipinski definition) is 2. The van der Waals surface area contributed by atoms with E-state index < -0.39 is 18.0 Å². The summed E-state index contributed by atoms with van der Waals surface area (Å²) >= 11 is 0. The number of hydrogen-bond donors (Lipinski definition) is 2. The summed E-state index contributed by atoms with van der Waals surface area (Å²) in [5.41, 5.74) is 0. The molecule has 1 rings (SSSR count). The van der Waals surface area contributed by atoms with Gasteiger partial charge in [-0.1, -0.05) is 26.2 Å². The zero-order chi connectivity index (χ0) is 10.6. The van der Waals surface area contributed by atoms with Crippen LogP contribution >= 0.6 is 0 Å². The van der Waals surface area contributed by atoms with Gasteiger partial charge in [-0.05, 0) is 25.2 Å². The molecule has 0 unspecified atom stereocenters. The number of carbonyl (C=O) groups is 1. The van der Waals surface area contributed by atoms with Crippen LogP contribution in [0, 0.1) is 11.8 Å². The van der Waals surface area contributed by atoms with Crippen molar-refractivity contribution in [3.63, 3.8) is 0 Å². The lowest BCUT2D eigenvalue weighted by atomic mass is 9.79. The van der Waals surface area contributed by atoms with Crippen molar-refractivity contribution >= 4 is 5.97 Å². The van der Waals surface area contributed by atoms with Crippen molar-refractivity contribution in [2.75, 3.05) is 0 Å². The van der Waals surface area contributed by atoms with Gasteiger partial charge >= 0.3 is 5.97 Å². The predicted octanol–water partition coefficient (Wildman–Crippen LogP) is 2.04. The van der Waals surface area contributed by atoms with Gasteiger partial charge < -0.3 is 10.2 Å². The van der Waals surface area contributed by atoms with Crippen molar-refractivity contribution < 1.29 is 15.0 Å². The predicted molar refractivity (Wildman–Crippen MR) is 54.0 cm³/mol. The average Bonchev–Trinajstić information content (AvgIpc) is 2.19. The van der Waals surface area contributed by atoms with E-state index in [1.165, 1.54) is 6.42 Å². The Hall–Kier alpha value is -0.570. The Balaban J connectivity index is 2.51. The lowest BCUT2D eigenvalue weighted by Gasteiger charge is -2.29. The Morgan fingerprint density at radius 1 is 1.36 bits per heavy atom. The van der Waals surface area contributed by atoms with Crippen LogP contribution in [0.3, 0.4) is 0 Å². The van der Waals surface area contributed by atoms with Gasteiger partial charge in [0.2, 0.25) is 0 Å². The fraction of sp³-hybridized carbons (Fsp3) is 0.909. The number of carboxylic acids is 1. The van der Waals surface area contributed by atoms with Crippen LogP contribution in [-0.4, -0.2) is 22.3 Å². The first kappa shape index (κ1) is 11.5. The number of rotatable bonds is 4.